The van der Waals surface area contributed by atoms with Crippen LogP contribution in [0.25, 0.3) is 10.9 Å². The van der Waals surface area contributed by atoms with Gasteiger partial charge in [-0.2, -0.15) is 0 Å². The molecule has 2 aromatic carbocycles. The van der Waals surface area contributed by atoms with Crippen LogP contribution in [-0.2, 0) is 21.2 Å². The summed E-state index contributed by atoms with van der Waals surface area (Å²) in [6.45, 7) is 0.999. The third kappa shape index (κ3) is 4.83. The minimum absolute atomic E-state index is 0.154. The standard InChI is InChI=1S/C24H25N3O5S/c1-33(31,32)16-12-21(27-23(29)18-8-3-4-9-19(18)24(27)30)22(28)25-13-6-14-26-15-11-17-7-2-5-10-20(17)26/h2-5,7-11,15,21H,6,12-14,16H2,1H3,(H,25,28)/t21-/m0/s1. The van der Waals surface area contributed by atoms with E-state index >= 15 is 0 Å². The predicted octanol–water partition coefficient (Wildman–Crippen LogP) is 2.25. The van der Waals surface area contributed by atoms with Gasteiger partial charge >= 0.3 is 0 Å². The van der Waals surface area contributed by atoms with Crippen LogP contribution in [0.3, 0.4) is 0 Å². The monoisotopic (exact) mass is 467 g/mol. The Kier molecular flexibility index (Phi) is 6.33. The number of hydrogen-bond acceptors (Lipinski definition) is 5. The Morgan fingerprint density at radius 1 is 0.970 bits per heavy atom. The molecule has 1 aliphatic rings. The van der Waals surface area contributed by atoms with E-state index in [1.807, 2.05) is 36.5 Å². The van der Waals surface area contributed by atoms with Gasteiger partial charge in [0.25, 0.3) is 11.8 Å². The molecule has 1 aromatic heterocycles. The molecular weight excluding hydrogens is 442 g/mol. The number of benzene rings is 2. The van der Waals surface area contributed by atoms with E-state index in [-0.39, 0.29) is 23.3 Å². The third-order valence-electron chi connectivity index (χ3n) is 5.76. The second-order valence-electron chi connectivity index (χ2n) is 8.17. The van der Waals surface area contributed by atoms with Crippen LogP contribution in [0.4, 0.5) is 0 Å². The lowest BCUT2D eigenvalue weighted by Gasteiger charge is -2.25. The van der Waals surface area contributed by atoms with Crippen LogP contribution < -0.4 is 5.32 Å². The van der Waals surface area contributed by atoms with E-state index < -0.39 is 33.6 Å². The molecule has 0 saturated heterocycles. The average Bonchev–Trinajstić information content (AvgIpc) is 3.31. The van der Waals surface area contributed by atoms with Gasteiger partial charge in [0.05, 0.1) is 16.9 Å². The second kappa shape index (κ2) is 9.19. The quantitative estimate of drug-likeness (QED) is 0.384. The predicted molar refractivity (Wildman–Crippen MR) is 125 cm³/mol. The van der Waals surface area contributed by atoms with Crippen LogP contribution in [-0.4, -0.2) is 60.2 Å². The first kappa shape index (κ1) is 22.7. The van der Waals surface area contributed by atoms with Gasteiger partial charge in [0.2, 0.25) is 5.91 Å². The molecule has 3 aromatic rings. The van der Waals surface area contributed by atoms with Gasteiger partial charge in [0, 0.05) is 31.1 Å². The highest BCUT2D eigenvalue weighted by atomic mass is 32.2. The molecule has 8 nitrogen and oxygen atoms in total. The number of fused-ring (bicyclic) bond motifs is 2. The summed E-state index contributed by atoms with van der Waals surface area (Å²) in [5, 5.41) is 3.91. The molecule has 172 valence electrons. The summed E-state index contributed by atoms with van der Waals surface area (Å²) in [5.74, 6) is -2.01. The molecule has 0 radical (unpaired) electrons. The number of amides is 3. The molecular formula is C24H25N3O5S. The van der Waals surface area contributed by atoms with Crippen molar-refractivity contribution in [3.8, 4) is 0 Å². The summed E-state index contributed by atoms with van der Waals surface area (Å²) in [7, 11) is -3.39. The first-order valence-electron chi connectivity index (χ1n) is 10.7. The smallest absolute Gasteiger partial charge is 0.262 e. The highest BCUT2D eigenvalue weighted by Gasteiger charge is 2.42. The van der Waals surface area contributed by atoms with Gasteiger partial charge in [0.1, 0.15) is 15.9 Å². The van der Waals surface area contributed by atoms with Crippen LogP contribution in [0.5, 0.6) is 0 Å². The van der Waals surface area contributed by atoms with E-state index in [1.54, 1.807) is 12.1 Å². The summed E-state index contributed by atoms with van der Waals surface area (Å²) in [6.07, 6.45) is 3.52. The van der Waals surface area contributed by atoms with E-state index in [0.29, 0.717) is 19.5 Å². The van der Waals surface area contributed by atoms with E-state index in [4.69, 9.17) is 0 Å². The Morgan fingerprint density at radius 3 is 2.27 bits per heavy atom. The molecule has 0 saturated carbocycles. The van der Waals surface area contributed by atoms with Gasteiger partial charge in [-0.05, 0) is 42.5 Å². The molecule has 0 bridgehead atoms. The summed E-state index contributed by atoms with van der Waals surface area (Å²) in [6, 6.07) is 15.2. The van der Waals surface area contributed by atoms with E-state index in [1.165, 1.54) is 12.1 Å². The number of carbonyl (C=O) groups excluding carboxylic acids is 3. The third-order valence-corrected chi connectivity index (χ3v) is 6.73. The van der Waals surface area contributed by atoms with Crippen molar-refractivity contribution in [2.45, 2.75) is 25.4 Å². The van der Waals surface area contributed by atoms with Gasteiger partial charge in [0.15, 0.2) is 0 Å². The number of para-hydroxylation sites is 1. The zero-order chi connectivity index (χ0) is 23.6. The minimum Gasteiger partial charge on any atom is -0.354 e. The van der Waals surface area contributed by atoms with Crippen LogP contribution in [0.2, 0.25) is 0 Å². The summed E-state index contributed by atoms with van der Waals surface area (Å²) in [4.78, 5) is 39.6. The highest BCUT2D eigenvalue weighted by Crippen LogP contribution is 2.26. The van der Waals surface area contributed by atoms with Crippen molar-refractivity contribution in [3.05, 3.63) is 71.9 Å². The van der Waals surface area contributed by atoms with Crippen LogP contribution in [0, 0.1) is 0 Å². The van der Waals surface area contributed by atoms with Crippen molar-refractivity contribution < 1.29 is 22.8 Å². The van der Waals surface area contributed by atoms with Crippen molar-refractivity contribution in [2.75, 3.05) is 18.6 Å². The van der Waals surface area contributed by atoms with Crippen LogP contribution >= 0.6 is 0 Å². The maximum absolute atomic E-state index is 13.0. The molecule has 0 unspecified atom stereocenters. The molecule has 9 heteroatoms. The lowest BCUT2D eigenvalue weighted by atomic mass is 10.1. The Bertz CT molecular complexity index is 1290. The number of aromatic nitrogens is 1. The van der Waals surface area contributed by atoms with E-state index in [2.05, 4.69) is 9.88 Å². The van der Waals surface area contributed by atoms with Crippen LogP contribution in [0.15, 0.2) is 60.8 Å². The molecule has 4 rings (SSSR count). The first-order valence-corrected chi connectivity index (χ1v) is 12.8. The Labute approximate surface area is 192 Å². The second-order valence-corrected chi connectivity index (χ2v) is 10.4. The molecule has 33 heavy (non-hydrogen) atoms. The number of imide groups is 1. The molecule has 0 fully saturated rings. The van der Waals surface area contributed by atoms with Gasteiger partial charge in [-0.15, -0.1) is 0 Å². The lowest BCUT2D eigenvalue weighted by Crippen LogP contribution is -2.50. The number of hydrogen-bond donors (Lipinski definition) is 1. The van der Waals surface area contributed by atoms with E-state index in [0.717, 1.165) is 22.1 Å². The summed E-state index contributed by atoms with van der Waals surface area (Å²) in [5.41, 5.74) is 1.54. The van der Waals surface area contributed by atoms with Crippen LogP contribution in [0.1, 0.15) is 33.6 Å². The van der Waals surface area contributed by atoms with Crippen molar-refractivity contribution >= 4 is 38.5 Å². The van der Waals surface area contributed by atoms with Gasteiger partial charge < -0.3 is 9.88 Å². The minimum atomic E-state index is -3.39. The number of nitrogens with zero attached hydrogens (tertiary/aromatic N) is 2. The number of rotatable bonds is 9. The van der Waals surface area contributed by atoms with Crippen molar-refractivity contribution in [1.29, 1.82) is 0 Å². The van der Waals surface area contributed by atoms with Crippen molar-refractivity contribution in [2.24, 2.45) is 0 Å². The maximum Gasteiger partial charge on any atom is 0.262 e. The molecule has 1 atom stereocenters. The fraction of sp³-hybridized carbons (Fsp3) is 0.292. The molecule has 0 aliphatic carbocycles. The SMILES string of the molecule is CS(=O)(=O)CC[C@@H](C(=O)NCCCn1ccc2ccccc21)N1C(=O)c2ccccc2C1=O. The van der Waals surface area contributed by atoms with Gasteiger partial charge in [-0.1, -0.05) is 30.3 Å². The van der Waals surface area contributed by atoms with E-state index in [9.17, 15) is 22.8 Å². The maximum atomic E-state index is 13.0. The van der Waals surface area contributed by atoms with Crippen molar-refractivity contribution in [3.63, 3.8) is 0 Å². The largest absolute Gasteiger partial charge is 0.354 e. The molecule has 0 spiro atoms. The Balaban J connectivity index is 1.44. The topological polar surface area (TPSA) is 106 Å². The number of nitrogens with one attached hydrogen (secondary N) is 1. The lowest BCUT2D eigenvalue weighted by molar-refractivity contribution is -0.125. The number of carbonyl (C=O) groups is 3. The fourth-order valence-electron chi connectivity index (χ4n) is 4.11. The number of sulfone groups is 1. The zero-order valence-electron chi connectivity index (χ0n) is 18.2. The molecule has 1 aliphatic heterocycles. The zero-order valence-corrected chi connectivity index (χ0v) is 19.0. The Morgan fingerprint density at radius 2 is 1.61 bits per heavy atom. The highest BCUT2D eigenvalue weighted by molar-refractivity contribution is 7.90. The molecule has 3 amide bonds. The summed E-state index contributed by atoms with van der Waals surface area (Å²) >= 11 is 0. The molecule has 2 heterocycles. The normalized spacial score (nSPS) is 14.5. The average molecular weight is 468 g/mol. The van der Waals surface area contributed by atoms with Gasteiger partial charge in [-0.25, -0.2) is 8.42 Å². The van der Waals surface area contributed by atoms with Gasteiger partial charge in [-0.3, -0.25) is 19.3 Å². The fourth-order valence-corrected chi connectivity index (χ4v) is 4.76. The number of aryl methyl sites for hydroxylation is 1. The van der Waals surface area contributed by atoms with Crippen molar-refractivity contribution in [1.82, 2.24) is 14.8 Å². The molecule has 1 N–H and O–H groups in total. The first-order chi connectivity index (χ1) is 15.8. The summed E-state index contributed by atoms with van der Waals surface area (Å²) < 4.78 is 25.6. The Hall–Kier alpha value is -3.46.